The van der Waals surface area contributed by atoms with Crippen molar-refractivity contribution in [3.05, 3.63) is 65.7 Å². The predicted molar refractivity (Wildman–Crippen MR) is 97.8 cm³/mol. The quantitative estimate of drug-likeness (QED) is 0.863. The van der Waals surface area contributed by atoms with Crippen LogP contribution in [0.15, 0.2) is 59.5 Å². The molecule has 1 aliphatic rings. The summed E-state index contributed by atoms with van der Waals surface area (Å²) in [4.78, 5) is 12.3. The first-order valence-electron chi connectivity index (χ1n) is 8.37. The highest BCUT2D eigenvalue weighted by atomic mass is 32.2. The van der Waals surface area contributed by atoms with Crippen LogP contribution in [-0.4, -0.2) is 20.7 Å². The minimum atomic E-state index is -3.59. The molecule has 3 atom stereocenters. The lowest BCUT2D eigenvalue weighted by Gasteiger charge is -2.14. The molecule has 132 valence electrons. The van der Waals surface area contributed by atoms with Gasteiger partial charge in [-0.2, -0.15) is 0 Å². The molecule has 0 saturated heterocycles. The molecular formula is C20H23NO3S. The molecule has 1 saturated carbocycles. The summed E-state index contributed by atoms with van der Waals surface area (Å²) in [6.45, 7) is 5.72. The molecule has 1 aliphatic carbocycles. The normalized spacial score (nSPS) is 25.6. The molecule has 0 amide bonds. The smallest absolute Gasteiger partial charge is 0.240 e. The van der Waals surface area contributed by atoms with Crippen LogP contribution >= 0.6 is 0 Å². The maximum atomic E-state index is 12.5. The first kappa shape index (κ1) is 17.8. The molecule has 1 fully saturated rings. The molecule has 4 nitrogen and oxygen atoms in total. The zero-order valence-electron chi connectivity index (χ0n) is 14.7. The Morgan fingerprint density at radius 3 is 2.24 bits per heavy atom. The zero-order valence-corrected chi connectivity index (χ0v) is 15.5. The Bertz CT molecular complexity index is 875. The second-order valence-corrected chi connectivity index (χ2v) is 8.89. The van der Waals surface area contributed by atoms with E-state index in [9.17, 15) is 13.2 Å². The number of benzene rings is 2. The Balaban J connectivity index is 1.79. The highest BCUT2D eigenvalue weighted by Gasteiger charge is 2.63. The zero-order chi connectivity index (χ0) is 18.2. The Labute approximate surface area is 149 Å². The van der Waals surface area contributed by atoms with Crippen molar-refractivity contribution in [2.45, 2.75) is 31.6 Å². The lowest BCUT2D eigenvalue weighted by molar-refractivity contribution is -0.118. The van der Waals surface area contributed by atoms with Gasteiger partial charge in [0, 0.05) is 18.4 Å². The molecule has 25 heavy (non-hydrogen) atoms. The third-order valence-corrected chi connectivity index (χ3v) is 6.63. The van der Waals surface area contributed by atoms with Crippen molar-refractivity contribution in [2.24, 2.45) is 11.3 Å². The highest BCUT2D eigenvalue weighted by molar-refractivity contribution is 7.89. The number of Topliss-reactive ketones (excluding diaryl/α,β-unsaturated/α-hetero) is 1. The van der Waals surface area contributed by atoms with Crippen molar-refractivity contribution in [3.8, 4) is 0 Å². The number of carbonyl (C=O) groups excluding carboxylic acids is 1. The molecule has 0 heterocycles. The summed E-state index contributed by atoms with van der Waals surface area (Å²) < 4.78 is 27.8. The fourth-order valence-electron chi connectivity index (χ4n) is 3.77. The van der Waals surface area contributed by atoms with E-state index in [2.05, 4.69) is 4.72 Å². The average molecular weight is 357 g/mol. The fraction of sp³-hybridized carbons (Fsp3) is 0.350. The molecular weight excluding hydrogens is 334 g/mol. The number of sulfonamides is 1. The molecule has 2 aromatic carbocycles. The van der Waals surface area contributed by atoms with Crippen LogP contribution in [0.5, 0.6) is 0 Å². The molecule has 0 spiro atoms. The van der Waals surface area contributed by atoms with Crippen LogP contribution in [0.2, 0.25) is 0 Å². The van der Waals surface area contributed by atoms with Gasteiger partial charge in [0.1, 0.15) is 5.78 Å². The Hall–Kier alpha value is -1.98. The first-order valence-corrected chi connectivity index (χ1v) is 9.86. The van der Waals surface area contributed by atoms with Crippen LogP contribution in [-0.2, 0) is 14.8 Å². The summed E-state index contributed by atoms with van der Waals surface area (Å²) >= 11 is 0. The maximum absolute atomic E-state index is 12.5. The van der Waals surface area contributed by atoms with Crippen LogP contribution in [0.1, 0.15) is 30.9 Å². The van der Waals surface area contributed by atoms with Crippen molar-refractivity contribution < 1.29 is 13.2 Å². The molecule has 0 unspecified atom stereocenters. The third kappa shape index (κ3) is 3.39. The number of hydrogen-bond donors (Lipinski definition) is 1. The molecule has 0 aliphatic heterocycles. The highest BCUT2D eigenvalue weighted by Crippen LogP contribution is 2.64. The van der Waals surface area contributed by atoms with Crippen molar-refractivity contribution in [1.82, 2.24) is 4.72 Å². The third-order valence-electron chi connectivity index (χ3n) is 5.22. The number of rotatable bonds is 6. The summed E-state index contributed by atoms with van der Waals surface area (Å²) in [5, 5.41) is 0. The van der Waals surface area contributed by atoms with Crippen LogP contribution in [0.25, 0.3) is 0 Å². The number of nitrogens with one attached hydrogen (secondary N) is 1. The van der Waals surface area contributed by atoms with Gasteiger partial charge in [-0.3, -0.25) is 4.79 Å². The van der Waals surface area contributed by atoms with Gasteiger partial charge in [0.05, 0.1) is 4.90 Å². The van der Waals surface area contributed by atoms with E-state index < -0.39 is 15.4 Å². The molecule has 5 heteroatoms. The van der Waals surface area contributed by atoms with E-state index in [1.165, 1.54) is 0 Å². The largest absolute Gasteiger partial charge is 0.300 e. The van der Waals surface area contributed by atoms with E-state index in [0.29, 0.717) is 0 Å². The van der Waals surface area contributed by atoms with Gasteiger partial charge in [0.15, 0.2) is 0 Å². The van der Waals surface area contributed by atoms with Crippen LogP contribution in [0.3, 0.4) is 0 Å². The van der Waals surface area contributed by atoms with E-state index in [-0.39, 0.29) is 29.1 Å². The minimum Gasteiger partial charge on any atom is -0.300 e. The summed E-state index contributed by atoms with van der Waals surface area (Å²) in [6, 6.07) is 16.6. The summed E-state index contributed by atoms with van der Waals surface area (Å²) in [5.41, 5.74) is 1.69. The second kappa shape index (κ2) is 6.39. The van der Waals surface area contributed by atoms with Crippen molar-refractivity contribution in [1.29, 1.82) is 0 Å². The number of carbonyl (C=O) groups is 1. The number of aryl methyl sites for hydroxylation is 1. The van der Waals surface area contributed by atoms with Gasteiger partial charge >= 0.3 is 0 Å². The van der Waals surface area contributed by atoms with E-state index >= 15 is 0 Å². The van der Waals surface area contributed by atoms with Gasteiger partial charge in [-0.25, -0.2) is 13.1 Å². The lowest BCUT2D eigenvalue weighted by Crippen LogP contribution is -2.31. The molecule has 3 rings (SSSR count). The summed E-state index contributed by atoms with van der Waals surface area (Å²) in [6.07, 6.45) is 0. The Morgan fingerprint density at radius 1 is 1.08 bits per heavy atom. The van der Waals surface area contributed by atoms with Gasteiger partial charge in [-0.1, -0.05) is 55.0 Å². The SMILES string of the molecule is CC(=O)[C@@H]1[C@@H](c2ccccc2)[C@]1(C)CNS(=O)(=O)c1ccc(C)cc1. The average Bonchev–Trinajstić information content (AvgIpc) is 3.21. The van der Waals surface area contributed by atoms with Crippen molar-refractivity contribution in [3.63, 3.8) is 0 Å². The van der Waals surface area contributed by atoms with E-state index in [4.69, 9.17) is 0 Å². The Morgan fingerprint density at radius 2 is 1.68 bits per heavy atom. The predicted octanol–water partition coefficient (Wildman–Crippen LogP) is 3.28. The van der Waals surface area contributed by atoms with Crippen molar-refractivity contribution >= 4 is 15.8 Å². The van der Waals surface area contributed by atoms with E-state index in [1.807, 2.05) is 44.2 Å². The van der Waals surface area contributed by atoms with Crippen LogP contribution in [0.4, 0.5) is 0 Å². The molecule has 2 aromatic rings. The number of hydrogen-bond acceptors (Lipinski definition) is 3. The molecule has 0 aromatic heterocycles. The van der Waals surface area contributed by atoms with Gasteiger partial charge < -0.3 is 0 Å². The summed E-state index contributed by atoms with van der Waals surface area (Å²) in [5.74, 6) is -0.00609. The van der Waals surface area contributed by atoms with Gasteiger partial charge in [-0.15, -0.1) is 0 Å². The number of ketones is 1. The van der Waals surface area contributed by atoms with E-state index in [0.717, 1.165) is 11.1 Å². The van der Waals surface area contributed by atoms with Crippen LogP contribution < -0.4 is 4.72 Å². The van der Waals surface area contributed by atoms with Gasteiger partial charge in [0.2, 0.25) is 10.0 Å². The maximum Gasteiger partial charge on any atom is 0.240 e. The topological polar surface area (TPSA) is 63.2 Å². The van der Waals surface area contributed by atoms with Crippen LogP contribution in [0, 0.1) is 18.3 Å². The molecule has 0 bridgehead atoms. The minimum absolute atomic E-state index is 0.0481. The second-order valence-electron chi connectivity index (χ2n) is 7.12. The molecule has 0 radical (unpaired) electrons. The van der Waals surface area contributed by atoms with Crippen molar-refractivity contribution in [2.75, 3.05) is 6.54 Å². The van der Waals surface area contributed by atoms with Gasteiger partial charge in [-0.05, 0) is 37.0 Å². The monoisotopic (exact) mass is 357 g/mol. The van der Waals surface area contributed by atoms with E-state index in [1.54, 1.807) is 31.2 Å². The fourth-order valence-corrected chi connectivity index (χ4v) is 4.93. The Kier molecular flexibility index (Phi) is 4.56. The lowest BCUT2D eigenvalue weighted by atomic mass is 10.0. The summed E-state index contributed by atoms with van der Waals surface area (Å²) in [7, 11) is -3.59. The molecule has 1 N–H and O–H groups in total. The first-order chi connectivity index (χ1) is 11.8. The standard InChI is InChI=1S/C20H23NO3S/c1-14-9-11-17(12-10-14)25(23,24)21-13-20(3)18(15(2)22)19(20)16-7-5-4-6-8-16/h4-12,18-19,21H,13H2,1-3H3/t18-,19-,20-/m1/s1. The van der Waals surface area contributed by atoms with Gasteiger partial charge in [0.25, 0.3) is 0 Å².